The Morgan fingerprint density at radius 1 is 0.857 bits per heavy atom. The van der Waals surface area contributed by atoms with Crippen LogP contribution in [0.15, 0.2) is 72.9 Å². The molecule has 0 bridgehead atoms. The summed E-state index contributed by atoms with van der Waals surface area (Å²) < 4.78 is 16.5. The van der Waals surface area contributed by atoms with Crippen molar-refractivity contribution in [2.45, 2.75) is 26.6 Å². The predicted octanol–water partition coefficient (Wildman–Crippen LogP) is 4.48. The number of carbonyl (C=O) groups is 1. The fourth-order valence-corrected chi connectivity index (χ4v) is 2.45. The second-order valence-electron chi connectivity index (χ2n) is 6.33. The van der Waals surface area contributed by atoms with E-state index in [-0.39, 0.29) is 19.0 Å². The molecule has 0 aliphatic heterocycles. The van der Waals surface area contributed by atoms with Gasteiger partial charge in [-0.05, 0) is 48.9 Å². The largest absolute Gasteiger partial charge is 0.493 e. The van der Waals surface area contributed by atoms with Gasteiger partial charge in [-0.2, -0.15) is 0 Å². The predicted molar refractivity (Wildman–Crippen MR) is 106 cm³/mol. The van der Waals surface area contributed by atoms with Gasteiger partial charge in [0.15, 0.2) is 0 Å². The number of aryl methyl sites for hydroxylation is 1. The van der Waals surface area contributed by atoms with Crippen molar-refractivity contribution in [3.63, 3.8) is 0 Å². The molecular formula is C23H23NO4. The number of hydrogen-bond donors (Lipinski definition) is 0. The first-order valence-corrected chi connectivity index (χ1v) is 9.16. The summed E-state index contributed by atoms with van der Waals surface area (Å²) in [4.78, 5) is 16.1. The quantitative estimate of drug-likeness (QED) is 0.515. The van der Waals surface area contributed by atoms with Crippen molar-refractivity contribution in [2.75, 3.05) is 6.61 Å². The summed E-state index contributed by atoms with van der Waals surface area (Å²) in [6.07, 6.45) is 1.95. The SMILES string of the molecule is Cc1ccc(OCCC(=O)OCc2ccc(OCc3ccccn3)cc2)cc1. The zero-order valence-electron chi connectivity index (χ0n) is 15.8. The fraction of sp³-hybridized carbons (Fsp3) is 0.217. The normalized spacial score (nSPS) is 10.3. The lowest BCUT2D eigenvalue weighted by molar-refractivity contribution is -0.145. The maximum atomic E-state index is 11.9. The summed E-state index contributed by atoms with van der Waals surface area (Å²) in [5.41, 5.74) is 2.94. The van der Waals surface area contributed by atoms with E-state index in [4.69, 9.17) is 14.2 Å². The summed E-state index contributed by atoms with van der Waals surface area (Å²) >= 11 is 0. The Balaban J connectivity index is 1.35. The Kier molecular flexibility index (Phi) is 7.01. The third-order valence-electron chi connectivity index (χ3n) is 4.03. The van der Waals surface area contributed by atoms with E-state index >= 15 is 0 Å². The van der Waals surface area contributed by atoms with E-state index in [1.54, 1.807) is 6.20 Å². The lowest BCUT2D eigenvalue weighted by Gasteiger charge is -2.09. The molecule has 0 aliphatic carbocycles. The summed E-state index contributed by atoms with van der Waals surface area (Å²) in [5.74, 6) is 1.20. The third-order valence-corrected chi connectivity index (χ3v) is 4.03. The maximum Gasteiger partial charge on any atom is 0.309 e. The molecule has 3 rings (SSSR count). The van der Waals surface area contributed by atoms with Crippen LogP contribution in [0.4, 0.5) is 0 Å². The molecule has 5 nitrogen and oxygen atoms in total. The van der Waals surface area contributed by atoms with Crippen LogP contribution in [0, 0.1) is 6.92 Å². The lowest BCUT2D eigenvalue weighted by atomic mass is 10.2. The van der Waals surface area contributed by atoms with E-state index in [1.165, 1.54) is 5.56 Å². The van der Waals surface area contributed by atoms with Gasteiger partial charge in [0, 0.05) is 6.20 Å². The van der Waals surface area contributed by atoms with E-state index in [1.807, 2.05) is 73.7 Å². The summed E-state index contributed by atoms with van der Waals surface area (Å²) in [6, 6.07) is 20.9. The molecule has 1 heterocycles. The van der Waals surface area contributed by atoms with E-state index in [0.717, 1.165) is 22.8 Å². The smallest absolute Gasteiger partial charge is 0.309 e. The van der Waals surface area contributed by atoms with E-state index in [0.29, 0.717) is 13.2 Å². The van der Waals surface area contributed by atoms with Gasteiger partial charge < -0.3 is 14.2 Å². The van der Waals surface area contributed by atoms with Gasteiger partial charge in [-0.1, -0.05) is 35.9 Å². The average molecular weight is 377 g/mol. The third kappa shape index (κ3) is 6.43. The molecule has 1 aromatic heterocycles. The molecule has 3 aromatic rings. The molecule has 0 saturated carbocycles. The minimum Gasteiger partial charge on any atom is -0.493 e. The molecule has 144 valence electrons. The number of hydrogen-bond acceptors (Lipinski definition) is 5. The Hall–Kier alpha value is -3.34. The van der Waals surface area contributed by atoms with Gasteiger partial charge in [-0.3, -0.25) is 9.78 Å². The molecule has 0 radical (unpaired) electrons. The van der Waals surface area contributed by atoms with Crippen LogP contribution in [0.1, 0.15) is 23.2 Å². The fourth-order valence-electron chi connectivity index (χ4n) is 2.45. The number of esters is 1. The average Bonchev–Trinajstić information content (AvgIpc) is 2.74. The molecule has 0 N–H and O–H groups in total. The highest BCUT2D eigenvalue weighted by Gasteiger charge is 2.05. The Morgan fingerprint density at radius 2 is 1.57 bits per heavy atom. The van der Waals surface area contributed by atoms with Gasteiger partial charge in [-0.15, -0.1) is 0 Å². The highest BCUT2D eigenvalue weighted by molar-refractivity contribution is 5.69. The first-order chi connectivity index (χ1) is 13.7. The van der Waals surface area contributed by atoms with Crippen LogP contribution in [0.25, 0.3) is 0 Å². The standard InChI is InChI=1S/C23H23NO4/c1-18-5-9-21(10-6-18)26-15-13-23(25)28-16-19-7-11-22(12-8-19)27-17-20-4-2-3-14-24-20/h2-12,14H,13,15-17H2,1H3. The van der Waals surface area contributed by atoms with Crippen LogP contribution >= 0.6 is 0 Å². The van der Waals surface area contributed by atoms with Gasteiger partial charge in [0.05, 0.1) is 18.7 Å². The molecule has 0 unspecified atom stereocenters. The molecule has 28 heavy (non-hydrogen) atoms. The molecule has 0 fully saturated rings. The van der Waals surface area contributed by atoms with Gasteiger partial charge in [0.1, 0.15) is 24.7 Å². The van der Waals surface area contributed by atoms with Crippen molar-refractivity contribution in [3.8, 4) is 11.5 Å². The van der Waals surface area contributed by atoms with Gasteiger partial charge in [0.2, 0.25) is 0 Å². The van der Waals surface area contributed by atoms with Crippen molar-refractivity contribution in [3.05, 3.63) is 89.7 Å². The highest BCUT2D eigenvalue weighted by Crippen LogP contribution is 2.15. The van der Waals surface area contributed by atoms with Crippen LogP contribution in [-0.2, 0) is 22.7 Å². The first-order valence-electron chi connectivity index (χ1n) is 9.16. The minimum absolute atomic E-state index is 0.207. The highest BCUT2D eigenvalue weighted by atomic mass is 16.5. The Morgan fingerprint density at radius 3 is 2.29 bits per heavy atom. The Bertz CT molecular complexity index is 861. The number of benzene rings is 2. The summed E-state index contributed by atoms with van der Waals surface area (Å²) in [7, 11) is 0. The zero-order chi connectivity index (χ0) is 19.6. The molecule has 0 aliphatic rings. The number of rotatable bonds is 9. The van der Waals surface area contributed by atoms with E-state index < -0.39 is 0 Å². The second-order valence-corrected chi connectivity index (χ2v) is 6.33. The molecular weight excluding hydrogens is 354 g/mol. The number of pyridine rings is 1. The van der Waals surface area contributed by atoms with E-state index in [9.17, 15) is 4.79 Å². The number of ether oxygens (including phenoxy) is 3. The minimum atomic E-state index is -0.289. The molecule has 0 atom stereocenters. The van der Waals surface area contributed by atoms with Gasteiger partial charge >= 0.3 is 5.97 Å². The second kappa shape index (κ2) is 10.1. The van der Waals surface area contributed by atoms with E-state index in [2.05, 4.69) is 4.98 Å². The van der Waals surface area contributed by atoms with Gasteiger partial charge in [-0.25, -0.2) is 0 Å². The van der Waals surface area contributed by atoms with Crippen LogP contribution in [-0.4, -0.2) is 17.6 Å². The Labute approximate surface area is 164 Å². The number of nitrogens with zero attached hydrogens (tertiary/aromatic N) is 1. The molecule has 5 heteroatoms. The van der Waals surface area contributed by atoms with Crippen molar-refractivity contribution in [1.29, 1.82) is 0 Å². The van der Waals surface area contributed by atoms with Crippen molar-refractivity contribution < 1.29 is 19.0 Å². The van der Waals surface area contributed by atoms with Crippen LogP contribution in [0.3, 0.4) is 0 Å². The lowest BCUT2D eigenvalue weighted by Crippen LogP contribution is -2.10. The van der Waals surface area contributed by atoms with Crippen LogP contribution < -0.4 is 9.47 Å². The zero-order valence-corrected chi connectivity index (χ0v) is 15.8. The van der Waals surface area contributed by atoms with Gasteiger partial charge in [0.25, 0.3) is 0 Å². The maximum absolute atomic E-state index is 11.9. The number of carbonyl (C=O) groups excluding carboxylic acids is 1. The molecule has 0 spiro atoms. The summed E-state index contributed by atoms with van der Waals surface area (Å²) in [6.45, 7) is 2.95. The van der Waals surface area contributed by atoms with Crippen LogP contribution in [0.2, 0.25) is 0 Å². The van der Waals surface area contributed by atoms with Crippen LogP contribution in [0.5, 0.6) is 11.5 Å². The van der Waals surface area contributed by atoms with Crippen molar-refractivity contribution in [1.82, 2.24) is 4.98 Å². The molecule has 0 amide bonds. The van der Waals surface area contributed by atoms with Crippen molar-refractivity contribution in [2.24, 2.45) is 0 Å². The molecule has 2 aromatic carbocycles. The monoisotopic (exact) mass is 377 g/mol. The first kappa shape index (κ1) is 19.4. The molecule has 0 saturated heterocycles. The van der Waals surface area contributed by atoms with Crippen molar-refractivity contribution >= 4 is 5.97 Å². The number of aromatic nitrogens is 1. The topological polar surface area (TPSA) is 57.7 Å². The summed E-state index contributed by atoms with van der Waals surface area (Å²) in [5, 5.41) is 0.